The highest BCUT2D eigenvalue weighted by molar-refractivity contribution is 8.00. The molecule has 0 radical (unpaired) electrons. The van der Waals surface area contributed by atoms with Crippen molar-refractivity contribution in [2.24, 2.45) is 5.92 Å². The Balaban J connectivity index is 1.56. The molecule has 0 spiro atoms. The minimum absolute atomic E-state index is 0.0215. The normalized spacial score (nSPS) is 15.2. The molecule has 31 heavy (non-hydrogen) atoms. The van der Waals surface area contributed by atoms with Crippen molar-refractivity contribution in [2.45, 2.75) is 50.0 Å². The molecule has 3 rings (SSSR count). The van der Waals surface area contributed by atoms with Crippen molar-refractivity contribution < 1.29 is 14.3 Å². The molecule has 2 amide bonds. The molecule has 0 saturated heterocycles. The van der Waals surface area contributed by atoms with E-state index in [0.29, 0.717) is 17.2 Å². The van der Waals surface area contributed by atoms with Gasteiger partial charge < -0.3 is 15.4 Å². The maximum atomic E-state index is 13.0. The van der Waals surface area contributed by atoms with Crippen molar-refractivity contribution in [3.8, 4) is 5.75 Å². The Labute approximate surface area is 189 Å². The molecular formula is C25H32N2O3S. The van der Waals surface area contributed by atoms with E-state index in [1.54, 1.807) is 13.2 Å². The van der Waals surface area contributed by atoms with Gasteiger partial charge in [-0.05, 0) is 43.9 Å². The van der Waals surface area contributed by atoms with Crippen LogP contribution in [-0.2, 0) is 4.79 Å². The lowest BCUT2D eigenvalue weighted by molar-refractivity contribution is -0.118. The Morgan fingerprint density at radius 2 is 1.77 bits per heavy atom. The number of ether oxygens (including phenoxy) is 1. The van der Waals surface area contributed by atoms with Gasteiger partial charge in [-0.25, -0.2) is 0 Å². The largest absolute Gasteiger partial charge is 0.496 e. The lowest BCUT2D eigenvalue weighted by Gasteiger charge is -2.21. The monoisotopic (exact) mass is 440 g/mol. The maximum Gasteiger partial charge on any atom is 0.252 e. The Bertz CT molecular complexity index is 881. The average Bonchev–Trinajstić information content (AvgIpc) is 2.82. The van der Waals surface area contributed by atoms with Crippen LogP contribution in [0.15, 0.2) is 53.4 Å². The number of benzene rings is 2. The predicted molar refractivity (Wildman–Crippen MR) is 126 cm³/mol. The van der Waals surface area contributed by atoms with Gasteiger partial charge in [-0.3, -0.25) is 9.59 Å². The summed E-state index contributed by atoms with van der Waals surface area (Å²) in [7, 11) is 1.62. The summed E-state index contributed by atoms with van der Waals surface area (Å²) in [6.45, 7) is 2.70. The highest BCUT2D eigenvalue weighted by Gasteiger charge is 2.18. The van der Waals surface area contributed by atoms with E-state index in [-0.39, 0.29) is 17.9 Å². The molecule has 2 N–H and O–H groups in total. The molecule has 1 aliphatic rings. The number of carbonyl (C=O) groups is 2. The Morgan fingerprint density at radius 1 is 1.06 bits per heavy atom. The second-order valence-electron chi connectivity index (χ2n) is 8.03. The van der Waals surface area contributed by atoms with Gasteiger partial charge in [0.1, 0.15) is 5.75 Å². The Morgan fingerprint density at radius 3 is 2.55 bits per heavy atom. The van der Waals surface area contributed by atoms with Crippen LogP contribution >= 0.6 is 11.8 Å². The topological polar surface area (TPSA) is 67.4 Å². The minimum atomic E-state index is -0.208. The highest BCUT2D eigenvalue weighted by Crippen LogP contribution is 2.27. The van der Waals surface area contributed by atoms with Crippen LogP contribution in [0.4, 0.5) is 0 Å². The van der Waals surface area contributed by atoms with Crippen LogP contribution < -0.4 is 15.4 Å². The van der Waals surface area contributed by atoms with Gasteiger partial charge in [0.05, 0.1) is 24.5 Å². The first-order valence-corrected chi connectivity index (χ1v) is 12.0. The lowest BCUT2D eigenvalue weighted by atomic mass is 9.89. The van der Waals surface area contributed by atoms with Gasteiger partial charge in [-0.1, -0.05) is 49.6 Å². The van der Waals surface area contributed by atoms with Crippen molar-refractivity contribution in [1.29, 1.82) is 0 Å². The molecule has 1 atom stereocenters. The van der Waals surface area contributed by atoms with Crippen LogP contribution in [0.25, 0.3) is 0 Å². The molecule has 1 aliphatic carbocycles. The second kappa shape index (κ2) is 11.8. The van der Waals surface area contributed by atoms with Crippen molar-refractivity contribution in [2.75, 3.05) is 19.4 Å². The van der Waals surface area contributed by atoms with Crippen LogP contribution in [-0.4, -0.2) is 31.2 Å². The van der Waals surface area contributed by atoms with E-state index in [1.807, 2.05) is 49.4 Å². The van der Waals surface area contributed by atoms with Gasteiger partial charge in [0.25, 0.3) is 5.91 Å². The average molecular weight is 441 g/mol. The molecule has 2 aromatic carbocycles. The first kappa shape index (κ1) is 23.2. The number of methoxy groups -OCH3 is 1. The van der Waals surface area contributed by atoms with E-state index < -0.39 is 0 Å². The molecule has 0 heterocycles. The first-order chi connectivity index (χ1) is 15.1. The van der Waals surface area contributed by atoms with E-state index >= 15 is 0 Å². The summed E-state index contributed by atoms with van der Waals surface area (Å²) >= 11 is 1.40. The standard InChI is InChI=1S/C25H32N2O3S/c1-18(20-12-6-8-14-22(20)30-2)27-25(29)21-13-7-9-15-23(21)31-17-24(28)26-16-19-10-4-3-5-11-19/h6-9,12-15,18-19H,3-5,10-11,16-17H2,1-2H3,(H,26,28)(H,27,29). The number of nitrogens with one attached hydrogen (secondary N) is 2. The predicted octanol–water partition coefficient (Wildman–Crippen LogP) is 4.97. The number of amides is 2. The zero-order valence-corrected chi connectivity index (χ0v) is 19.2. The summed E-state index contributed by atoms with van der Waals surface area (Å²) in [5.74, 6) is 1.51. The number of hydrogen-bond acceptors (Lipinski definition) is 4. The molecule has 0 bridgehead atoms. The van der Waals surface area contributed by atoms with Crippen molar-refractivity contribution in [3.63, 3.8) is 0 Å². The number of carbonyl (C=O) groups excluding carboxylic acids is 2. The Hall–Kier alpha value is -2.47. The first-order valence-electron chi connectivity index (χ1n) is 11.0. The highest BCUT2D eigenvalue weighted by atomic mass is 32.2. The zero-order valence-electron chi connectivity index (χ0n) is 18.4. The fourth-order valence-corrected chi connectivity index (χ4v) is 4.88. The lowest BCUT2D eigenvalue weighted by Crippen LogP contribution is -2.31. The molecule has 166 valence electrons. The van der Waals surface area contributed by atoms with Crippen LogP contribution in [0, 0.1) is 5.92 Å². The molecular weight excluding hydrogens is 408 g/mol. The quantitative estimate of drug-likeness (QED) is 0.540. The summed E-state index contributed by atoms with van der Waals surface area (Å²) in [6.07, 6.45) is 6.27. The van der Waals surface area contributed by atoms with E-state index in [1.165, 1.54) is 43.9 Å². The van der Waals surface area contributed by atoms with Gasteiger partial charge >= 0.3 is 0 Å². The van der Waals surface area contributed by atoms with Crippen LogP contribution in [0.1, 0.15) is 61.0 Å². The van der Waals surface area contributed by atoms with Gasteiger partial charge in [0, 0.05) is 17.0 Å². The smallest absolute Gasteiger partial charge is 0.252 e. The van der Waals surface area contributed by atoms with E-state index in [4.69, 9.17) is 4.74 Å². The molecule has 0 aliphatic heterocycles. The van der Waals surface area contributed by atoms with Gasteiger partial charge in [-0.2, -0.15) is 0 Å². The van der Waals surface area contributed by atoms with Crippen molar-refractivity contribution in [3.05, 3.63) is 59.7 Å². The molecule has 1 unspecified atom stereocenters. The summed E-state index contributed by atoms with van der Waals surface area (Å²) in [4.78, 5) is 26.1. The second-order valence-corrected chi connectivity index (χ2v) is 9.05. The Kier molecular flexibility index (Phi) is 8.83. The summed E-state index contributed by atoms with van der Waals surface area (Å²) in [6, 6.07) is 14.9. The van der Waals surface area contributed by atoms with E-state index in [9.17, 15) is 9.59 Å². The number of thioether (sulfide) groups is 1. The van der Waals surface area contributed by atoms with Crippen LogP contribution in [0.5, 0.6) is 5.75 Å². The molecule has 0 aromatic heterocycles. The van der Waals surface area contributed by atoms with Crippen LogP contribution in [0.3, 0.4) is 0 Å². The molecule has 5 nitrogen and oxygen atoms in total. The third-order valence-electron chi connectivity index (χ3n) is 5.76. The maximum absolute atomic E-state index is 13.0. The summed E-state index contributed by atoms with van der Waals surface area (Å²) in [5.41, 5.74) is 1.50. The SMILES string of the molecule is COc1ccccc1C(C)NC(=O)c1ccccc1SCC(=O)NCC1CCCCC1. The third-order valence-corrected chi connectivity index (χ3v) is 6.83. The van der Waals surface area contributed by atoms with Crippen molar-refractivity contribution in [1.82, 2.24) is 10.6 Å². The minimum Gasteiger partial charge on any atom is -0.496 e. The molecule has 1 fully saturated rings. The van der Waals surface area contributed by atoms with Crippen molar-refractivity contribution >= 4 is 23.6 Å². The summed E-state index contributed by atoms with van der Waals surface area (Å²) < 4.78 is 5.41. The molecule has 1 saturated carbocycles. The number of hydrogen-bond donors (Lipinski definition) is 2. The zero-order chi connectivity index (χ0) is 22.1. The van der Waals surface area contributed by atoms with Gasteiger partial charge in [0.15, 0.2) is 0 Å². The molecule has 2 aromatic rings. The van der Waals surface area contributed by atoms with Gasteiger partial charge in [0.2, 0.25) is 5.91 Å². The third kappa shape index (κ3) is 6.76. The van der Waals surface area contributed by atoms with Gasteiger partial charge in [-0.15, -0.1) is 11.8 Å². The summed E-state index contributed by atoms with van der Waals surface area (Å²) in [5, 5.41) is 6.11. The fourth-order valence-electron chi connectivity index (χ4n) is 4.00. The van der Waals surface area contributed by atoms with E-state index in [2.05, 4.69) is 10.6 Å². The van der Waals surface area contributed by atoms with E-state index in [0.717, 1.165) is 22.8 Å². The van der Waals surface area contributed by atoms with Crippen LogP contribution in [0.2, 0.25) is 0 Å². The number of para-hydroxylation sites is 1. The molecule has 6 heteroatoms. The fraction of sp³-hybridized carbons (Fsp3) is 0.440. The number of rotatable bonds is 9.